The first kappa shape index (κ1) is 13.8. The molecule has 0 spiro atoms. The summed E-state index contributed by atoms with van der Waals surface area (Å²) >= 11 is 1.86. The van der Waals surface area contributed by atoms with E-state index in [1.165, 1.54) is 35.1 Å². The Hall–Kier alpha value is -1.20. The van der Waals surface area contributed by atoms with Gasteiger partial charge < -0.3 is 10.2 Å². The summed E-state index contributed by atoms with van der Waals surface area (Å²) < 4.78 is 0. The molecule has 0 aromatic carbocycles. The van der Waals surface area contributed by atoms with E-state index in [-0.39, 0.29) is 0 Å². The van der Waals surface area contributed by atoms with Crippen molar-refractivity contribution >= 4 is 27.4 Å². The van der Waals surface area contributed by atoms with Crippen molar-refractivity contribution in [3.63, 3.8) is 0 Å². The highest BCUT2D eigenvalue weighted by molar-refractivity contribution is 7.19. The average molecular weight is 290 g/mol. The predicted octanol–water partition coefficient (Wildman–Crippen LogP) is 2.79. The first-order valence-electron chi connectivity index (χ1n) is 7.29. The largest absolute Gasteiger partial charge is 0.368 e. The van der Waals surface area contributed by atoms with Crippen molar-refractivity contribution < 1.29 is 0 Å². The Balaban J connectivity index is 1.92. The summed E-state index contributed by atoms with van der Waals surface area (Å²) in [6, 6.07) is 0. The Morgan fingerprint density at radius 1 is 1.40 bits per heavy atom. The van der Waals surface area contributed by atoms with E-state index in [9.17, 15) is 0 Å². The zero-order valence-corrected chi connectivity index (χ0v) is 13.3. The summed E-state index contributed by atoms with van der Waals surface area (Å²) in [6.45, 7) is 4.27. The molecule has 0 unspecified atom stereocenters. The summed E-state index contributed by atoms with van der Waals surface area (Å²) in [4.78, 5) is 13.8. The Bertz CT molecular complexity index is 605. The lowest BCUT2D eigenvalue weighted by molar-refractivity contribution is 0.425. The van der Waals surface area contributed by atoms with E-state index >= 15 is 0 Å². The van der Waals surface area contributed by atoms with E-state index < -0.39 is 0 Å². The van der Waals surface area contributed by atoms with Crippen LogP contribution in [-0.2, 0) is 12.8 Å². The van der Waals surface area contributed by atoms with Gasteiger partial charge in [-0.2, -0.15) is 0 Å². The van der Waals surface area contributed by atoms with Crippen LogP contribution >= 0.6 is 11.3 Å². The number of thiophene rings is 1. The predicted molar refractivity (Wildman–Crippen MR) is 85.6 cm³/mol. The van der Waals surface area contributed by atoms with Crippen LogP contribution in [0.15, 0.2) is 6.33 Å². The summed E-state index contributed by atoms with van der Waals surface area (Å²) in [7, 11) is 4.18. The van der Waals surface area contributed by atoms with Crippen molar-refractivity contribution in [2.75, 3.05) is 32.5 Å². The van der Waals surface area contributed by atoms with Gasteiger partial charge in [0.2, 0.25) is 0 Å². The molecule has 4 nitrogen and oxygen atoms in total. The van der Waals surface area contributed by atoms with Gasteiger partial charge in [0.05, 0.1) is 5.39 Å². The van der Waals surface area contributed by atoms with Gasteiger partial charge >= 0.3 is 0 Å². The third kappa shape index (κ3) is 2.65. The minimum atomic E-state index is 0.800. The van der Waals surface area contributed by atoms with Crippen LogP contribution in [0.3, 0.4) is 0 Å². The molecular formula is C15H22N4S. The van der Waals surface area contributed by atoms with Gasteiger partial charge in [0.1, 0.15) is 17.0 Å². The smallest absolute Gasteiger partial charge is 0.138 e. The van der Waals surface area contributed by atoms with Crippen molar-refractivity contribution in [3.8, 4) is 0 Å². The molecular weight excluding hydrogens is 268 g/mol. The second kappa shape index (κ2) is 5.66. The van der Waals surface area contributed by atoms with E-state index in [4.69, 9.17) is 0 Å². The van der Waals surface area contributed by atoms with Crippen LogP contribution in [0.1, 0.15) is 23.8 Å². The molecule has 5 heteroatoms. The first-order chi connectivity index (χ1) is 9.65. The minimum absolute atomic E-state index is 0.800. The number of hydrogen-bond donors (Lipinski definition) is 1. The van der Waals surface area contributed by atoms with Crippen LogP contribution in [0.5, 0.6) is 0 Å². The van der Waals surface area contributed by atoms with Crippen molar-refractivity contribution in [1.82, 2.24) is 14.9 Å². The molecule has 2 aromatic heterocycles. The third-order valence-electron chi connectivity index (χ3n) is 3.94. The minimum Gasteiger partial charge on any atom is -0.368 e. The molecule has 1 N–H and O–H groups in total. The van der Waals surface area contributed by atoms with Gasteiger partial charge in [-0.3, -0.25) is 0 Å². The molecule has 0 bridgehead atoms. The topological polar surface area (TPSA) is 41.1 Å². The summed E-state index contributed by atoms with van der Waals surface area (Å²) in [5.74, 6) is 1.82. The number of anilines is 1. The maximum absolute atomic E-state index is 4.47. The second-order valence-corrected chi connectivity index (χ2v) is 7.07. The number of fused-ring (bicyclic) bond motifs is 3. The number of aryl methyl sites for hydroxylation is 1. The van der Waals surface area contributed by atoms with Crippen molar-refractivity contribution in [2.24, 2.45) is 5.92 Å². The zero-order chi connectivity index (χ0) is 14.1. The van der Waals surface area contributed by atoms with E-state index in [1.807, 2.05) is 11.3 Å². The Morgan fingerprint density at radius 3 is 3.05 bits per heavy atom. The third-order valence-corrected chi connectivity index (χ3v) is 5.11. The molecule has 0 saturated carbocycles. The van der Waals surface area contributed by atoms with Gasteiger partial charge in [0, 0.05) is 18.0 Å². The number of aromatic nitrogens is 2. The Kier molecular flexibility index (Phi) is 3.89. The SMILES string of the molecule is C[C@H]1CCc2c(sc3ncnc(NCCN(C)C)c23)C1. The molecule has 0 aliphatic heterocycles. The van der Waals surface area contributed by atoms with Crippen LogP contribution in [0.25, 0.3) is 10.2 Å². The molecule has 0 radical (unpaired) electrons. The van der Waals surface area contributed by atoms with Gasteiger partial charge in [-0.05, 0) is 44.8 Å². The zero-order valence-electron chi connectivity index (χ0n) is 12.4. The number of nitrogens with zero attached hydrogens (tertiary/aromatic N) is 3. The average Bonchev–Trinajstić information content (AvgIpc) is 2.76. The van der Waals surface area contributed by atoms with Crippen molar-refractivity contribution in [2.45, 2.75) is 26.2 Å². The van der Waals surface area contributed by atoms with Gasteiger partial charge in [0.25, 0.3) is 0 Å². The maximum Gasteiger partial charge on any atom is 0.138 e. The quantitative estimate of drug-likeness (QED) is 0.940. The number of rotatable bonds is 4. The second-order valence-electron chi connectivity index (χ2n) is 5.98. The van der Waals surface area contributed by atoms with Crippen molar-refractivity contribution in [3.05, 3.63) is 16.8 Å². The fraction of sp³-hybridized carbons (Fsp3) is 0.600. The van der Waals surface area contributed by atoms with Crippen molar-refractivity contribution in [1.29, 1.82) is 0 Å². The van der Waals surface area contributed by atoms with E-state index in [2.05, 4.69) is 41.2 Å². The normalized spacial score (nSPS) is 18.5. The van der Waals surface area contributed by atoms with Gasteiger partial charge in [0.15, 0.2) is 0 Å². The van der Waals surface area contributed by atoms with E-state index in [0.29, 0.717) is 0 Å². The molecule has 1 atom stereocenters. The molecule has 108 valence electrons. The van der Waals surface area contributed by atoms with Crippen LogP contribution in [0.4, 0.5) is 5.82 Å². The molecule has 1 aliphatic carbocycles. The van der Waals surface area contributed by atoms with Gasteiger partial charge in [-0.25, -0.2) is 9.97 Å². The Labute approximate surface area is 124 Å². The summed E-state index contributed by atoms with van der Waals surface area (Å²) in [6.07, 6.45) is 5.34. The van der Waals surface area contributed by atoms with Crippen LogP contribution in [-0.4, -0.2) is 42.1 Å². The van der Waals surface area contributed by atoms with Crippen LogP contribution in [0, 0.1) is 5.92 Å². The molecule has 0 saturated heterocycles. The highest BCUT2D eigenvalue weighted by atomic mass is 32.1. The lowest BCUT2D eigenvalue weighted by atomic mass is 9.89. The summed E-state index contributed by atoms with van der Waals surface area (Å²) in [5, 5.41) is 4.76. The molecule has 3 rings (SSSR count). The highest BCUT2D eigenvalue weighted by Gasteiger charge is 2.22. The molecule has 2 aromatic rings. The number of nitrogens with one attached hydrogen (secondary N) is 1. The van der Waals surface area contributed by atoms with Gasteiger partial charge in [-0.15, -0.1) is 11.3 Å². The first-order valence-corrected chi connectivity index (χ1v) is 8.10. The highest BCUT2D eigenvalue weighted by Crippen LogP contribution is 2.39. The van der Waals surface area contributed by atoms with E-state index in [1.54, 1.807) is 6.33 Å². The molecule has 20 heavy (non-hydrogen) atoms. The number of likely N-dealkylation sites (N-methyl/N-ethyl adjacent to an activating group) is 1. The Morgan fingerprint density at radius 2 is 2.25 bits per heavy atom. The lowest BCUT2D eigenvalue weighted by Crippen LogP contribution is -2.21. The molecule has 2 heterocycles. The van der Waals surface area contributed by atoms with E-state index in [0.717, 1.165) is 29.7 Å². The molecule has 0 fully saturated rings. The lowest BCUT2D eigenvalue weighted by Gasteiger charge is -2.18. The summed E-state index contributed by atoms with van der Waals surface area (Å²) in [5.41, 5.74) is 1.50. The van der Waals surface area contributed by atoms with Crippen LogP contribution in [0.2, 0.25) is 0 Å². The molecule has 1 aliphatic rings. The number of hydrogen-bond acceptors (Lipinski definition) is 5. The fourth-order valence-corrected chi connectivity index (χ4v) is 4.16. The maximum atomic E-state index is 4.47. The molecule has 0 amide bonds. The standard InChI is InChI=1S/C15H22N4S/c1-10-4-5-11-12(8-10)20-15-13(11)14(17-9-18-15)16-6-7-19(2)3/h9-10H,4-8H2,1-3H3,(H,16,17,18)/t10-/m0/s1. The van der Waals surface area contributed by atoms with Gasteiger partial charge in [-0.1, -0.05) is 6.92 Å². The monoisotopic (exact) mass is 290 g/mol. The van der Waals surface area contributed by atoms with Crippen LogP contribution < -0.4 is 5.32 Å². The fourth-order valence-electron chi connectivity index (χ4n) is 2.81.